The molecule has 2 aromatic carbocycles. The summed E-state index contributed by atoms with van der Waals surface area (Å²) in [6.45, 7) is 2.00. The Kier molecular flexibility index (Phi) is 3.86. The standard InChI is InChI=1S/C18H19NO4/c1-11-4-6-15(22-3)12(8-11)9-17-18(21)19(2)14-10-13(20)5-7-16(14)23-17/h4-8,10,17,20H,9H2,1-3H3. The highest BCUT2D eigenvalue weighted by atomic mass is 16.5. The number of phenols is 1. The fraction of sp³-hybridized carbons (Fsp3) is 0.278. The topological polar surface area (TPSA) is 59.0 Å². The second-order valence-corrected chi connectivity index (χ2v) is 5.68. The fourth-order valence-electron chi connectivity index (χ4n) is 2.80. The second-order valence-electron chi connectivity index (χ2n) is 5.68. The maximum absolute atomic E-state index is 12.6. The van der Waals surface area contributed by atoms with Gasteiger partial charge in [0.05, 0.1) is 12.8 Å². The molecule has 1 unspecified atom stereocenters. The normalized spacial score (nSPS) is 16.7. The van der Waals surface area contributed by atoms with Crippen LogP contribution in [0.15, 0.2) is 36.4 Å². The average molecular weight is 313 g/mol. The third-order valence-electron chi connectivity index (χ3n) is 4.02. The summed E-state index contributed by atoms with van der Waals surface area (Å²) in [4.78, 5) is 14.1. The highest BCUT2D eigenvalue weighted by Gasteiger charge is 2.33. The lowest BCUT2D eigenvalue weighted by Gasteiger charge is -2.32. The molecular formula is C18H19NO4. The third-order valence-corrected chi connectivity index (χ3v) is 4.02. The van der Waals surface area contributed by atoms with E-state index in [9.17, 15) is 9.90 Å². The first-order chi connectivity index (χ1) is 11.0. The zero-order valence-corrected chi connectivity index (χ0v) is 13.4. The second kappa shape index (κ2) is 5.83. The molecule has 0 fully saturated rings. The summed E-state index contributed by atoms with van der Waals surface area (Å²) in [5.41, 5.74) is 2.60. The van der Waals surface area contributed by atoms with Gasteiger partial charge in [-0.15, -0.1) is 0 Å². The van der Waals surface area contributed by atoms with Gasteiger partial charge in [-0.25, -0.2) is 0 Å². The number of ether oxygens (including phenoxy) is 2. The number of fused-ring (bicyclic) bond motifs is 1. The van der Waals surface area contributed by atoms with Crippen LogP contribution in [0.5, 0.6) is 17.2 Å². The van der Waals surface area contributed by atoms with Gasteiger partial charge in [-0.1, -0.05) is 17.7 Å². The molecule has 120 valence electrons. The first-order valence-corrected chi connectivity index (χ1v) is 7.40. The average Bonchev–Trinajstić information content (AvgIpc) is 2.53. The van der Waals surface area contributed by atoms with Gasteiger partial charge in [-0.2, -0.15) is 0 Å². The number of likely N-dealkylation sites (N-methyl/N-ethyl adjacent to an activating group) is 1. The Bertz CT molecular complexity index is 757. The maximum atomic E-state index is 12.6. The van der Waals surface area contributed by atoms with Crippen molar-refractivity contribution >= 4 is 11.6 Å². The van der Waals surface area contributed by atoms with Crippen LogP contribution < -0.4 is 14.4 Å². The predicted octanol–water partition coefficient (Wildman–Crippen LogP) is 2.68. The maximum Gasteiger partial charge on any atom is 0.268 e. The van der Waals surface area contributed by atoms with E-state index in [2.05, 4.69) is 0 Å². The van der Waals surface area contributed by atoms with Gasteiger partial charge < -0.3 is 19.5 Å². The van der Waals surface area contributed by atoms with Gasteiger partial charge in [-0.05, 0) is 30.7 Å². The van der Waals surface area contributed by atoms with Crippen molar-refractivity contribution in [3.63, 3.8) is 0 Å². The molecule has 1 aliphatic rings. The number of nitrogens with zero attached hydrogens (tertiary/aromatic N) is 1. The Morgan fingerprint density at radius 1 is 1.26 bits per heavy atom. The van der Waals surface area contributed by atoms with Crippen LogP contribution in [0.4, 0.5) is 5.69 Å². The lowest BCUT2D eigenvalue weighted by atomic mass is 10.0. The number of rotatable bonds is 3. The van der Waals surface area contributed by atoms with Crippen molar-refractivity contribution in [2.45, 2.75) is 19.4 Å². The molecule has 1 heterocycles. The van der Waals surface area contributed by atoms with Gasteiger partial charge in [0.25, 0.3) is 5.91 Å². The van der Waals surface area contributed by atoms with Gasteiger partial charge in [0.2, 0.25) is 0 Å². The minimum Gasteiger partial charge on any atom is -0.508 e. The Hall–Kier alpha value is -2.69. The molecule has 3 rings (SSSR count). The number of aromatic hydroxyl groups is 1. The highest BCUT2D eigenvalue weighted by Crippen LogP contribution is 2.37. The number of anilines is 1. The van der Waals surface area contributed by atoms with Crippen LogP contribution in [-0.2, 0) is 11.2 Å². The van der Waals surface area contributed by atoms with Gasteiger partial charge in [0.15, 0.2) is 6.10 Å². The van der Waals surface area contributed by atoms with Gasteiger partial charge >= 0.3 is 0 Å². The zero-order chi connectivity index (χ0) is 16.6. The van der Waals surface area contributed by atoms with Crippen molar-refractivity contribution in [2.75, 3.05) is 19.1 Å². The molecule has 23 heavy (non-hydrogen) atoms. The van der Waals surface area contributed by atoms with Crippen molar-refractivity contribution in [1.29, 1.82) is 0 Å². The molecule has 0 saturated heterocycles. The van der Waals surface area contributed by atoms with Crippen molar-refractivity contribution in [3.05, 3.63) is 47.5 Å². The third kappa shape index (κ3) is 2.82. The number of phenolic OH excluding ortho intramolecular Hbond substituents is 1. The van der Waals surface area contributed by atoms with E-state index in [0.29, 0.717) is 17.9 Å². The first kappa shape index (κ1) is 15.2. The van der Waals surface area contributed by atoms with Crippen molar-refractivity contribution < 1.29 is 19.4 Å². The number of hydrogen-bond acceptors (Lipinski definition) is 4. The summed E-state index contributed by atoms with van der Waals surface area (Å²) in [6, 6.07) is 10.6. The van der Waals surface area contributed by atoms with Crippen molar-refractivity contribution in [3.8, 4) is 17.2 Å². The van der Waals surface area contributed by atoms with E-state index in [4.69, 9.17) is 9.47 Å². The quantitative estimate of drug-likeness (QED) is 0.946. The molecule has 2 aromatic rings. The number of amides is 1. The Labute approximate surface area is 135 Å². The Balaban J connectivity index is 1.92. The Morgan fingerprint density at radius 2 is 2.04 bits per heavy atom. The first-order valence-electron chi connectivity index (χ1n) is 7.40. The lowest BCUT2D eigenvalue weighted by molar-refractivity contribution is -0.125. The molecule has 0 bridgehead atoms. The molecule has 1 atom stereocenters. The number of hydrogen-bond donors (Lipinski definition) is 1. The van der Waals surface area contributed by atoms with Crippen molar-refractivity contribution in [1.82, 2.24) is 0 Å². The minimum atomic E-state index is -0.618. The van der Waals surface area contributed by atoms with Crippen LogP contribution in [0.25, 0.3) is 0 Å². The summed E-state index contributed by atoms with van der Waals surface area (Å²) in [7, 11) is 3.30. The minimum absolute atomic E-state index is 0.103. The SMILES string of the molecule is COc1ccc(C)cc1CC1Oc2ccc(O)cc2N(C)C1=O. The smallest absolute Gasteiger partial charge is 0.268 e. The van der Waals surface area contributed by atoms with E-state index in [0.717, 1.165) is 16.9 Å². The van der Waals surface area contributed by atoms with E-state index in [1.54, 1.807) is 26.3 Å². The Morgan fingerprint density at radius 3 is 2.78 bits per heavy atom. The monoisotopic (exact) mass is 313 g/mol. The van der Waals surface area contributed by atoms with Crippen LogP contribution in [0.1, 0.15) is 11.1 Å². The summed E-state index contributed by atoms with van der Waals surface area (Å²) in [6.07, 6.45) is -0.193. The van der Waals surface area contributed by atoms with E-state index < -0.39 is 6.10 Å². The molecule has 0 radical (unpaired) electrons. The molecule has 5 nitrogen and oxygen atoms in total. The van der Waals surface area contributed by atoms with E-state index >= 15 is 0 Å². The van der Waals surface area contributed by atoms with Gasteiger partial charge in [0.1, 0.15) is 17.2 Å². The molecule has 5 heteroatoms. The molecule has 1 aliphatic heterocycles. The molecule has 1 N–H and O–H groups in total. The summed E-state index contributed by atoms with van der Waals surface area (Å²) < 4.78 is 11.2. The largest absolute Gasteiger partial charge is 0.508 e. The predicted molar refractivity (Wildman–Crippen MR) is 87.4 cm³/mol. The van der Waals surface area contributed by atoms with Crippen LogP contribution in [0.2, 0.25) is 0 Å². The number of aryl methyl sites for hydroxylation is 1. The number of methoxy groups -OCH3 is 1. The van der Waals surface area contributed by atoms with Crippen LogP contribution in [-0.4, -0.2) is 31.3 Å². The molecule has 1 amide bonds. The van der Waals surface area contributed by atoms with Crippen molar-refractivity contribution in [2.24, 2.45) is 0 Å². The number of benzene rings is 2. The van der Waals surface area contributed by atoms with Crippen LogP contribution in [0, 0.1) is 6.92 Å². The number of carbonyl (C=O) groups is 1. The zero-order valence-electron chi connectivity index (χ0n) is 13.4. The fourth-order valence-corrected chi connectivity index (χ4v) is 2.80. The molecule has 0 aliphatic carbocycles. The van der Waals surface area contributed by atoms with Gasteiger partial charge in [-0.3, -0.25) is 4.79 Å². The molecule has 0 spiro atoms. The molecular weight excluding hydrogens is 294 g/mol. The van der Waals surface area contributed by atoms with E-state index in [1.807, 2.05) is 25.1 Å². The summed E-state index contributed by atoms with van der Waals surface area (Å²) >= 11 is 0. The van der Waals surface area contributed by atoms with Crippen LogP contribution in [0.3, 0.4) is 0 Å². The summed E-state index contributed by atoms with van der Waals surface area (Å²) in [5, 5.41) is 9.58. The van der Waals surface area contributed by atoms with Crippen LogP contribution >= 0.6 is 0 Å². The number of carbonyl (C=O) groups excluding carboxylic acids is 1. The molecule has 0 saturated carbocycles. The highest BCUT2D eigenvalue weighted by molar-refractivity contribution is 6.00. The summed E-state index contributed by atoms with van der Waals surface area (Å²) in [5.74, 6) is 1.28. The van der Waals surface area contributed by atoms with Gasteiger partial charge in [0, 0.05) is 19.5 Å². The molecule has 0 aromatic heterocycles. The van der Waals surface area contributed by atoms with E-state index in [1.165, 1.54) is 11.0 Å². The lowest BCUT2D eigenvalue weighted by Crippen LogP contribution is -2.44. The van der Waals surface area contributed by atoms with E-state index in [-0.39, 0.29) is 11.7 Å².